The van der Waals surface area contributed by atoms with Gasteiger partial charge in [-0.15, -0.1) is 13.2 Å². The highest BCUT2D eigenvalue weighted by Crippen LogP contribution is 2.37. The monoisotopic (exact) mass is 469 g/mol. The molecular formula is C23H26F3NO6. The molecule has 0 radical (unpaired) electrons. The zero-order chi connectivity index (χ0) is 23.8. The van der Waals surface area contributed by atoms with Crippen molar-refractivity contribution in [2.75, 3.05) is 18.1 Å². The number of alkyl halides is 3. The minimum Gasteiger partial charge on any atom is -0.406 e. The van der Waals surface area contributed by atoms with E-state index in [9.17, 15) is 33.6 Å². The van der Waals surface area contributed by atoms with Crippen molar-refractivity contribution in [2.45, 2.75) is 56.3 Å². The van der Waals surface area contributed by atoms with Gasteiger partial charge in [-0.25, -0.2) is 0 Å². The van der Waals surface area contributed by atoms with Crippen LogP contribution >= 0.6 is 0 Å². The van der Waals surface area contributed by atoms with E-state index in [1.54, 1.807) is 18.2 Å². The van der Waals surface area contributed by atoms with E-state index in [1.807, 2.05) is 12.1 Å². The Balaban J connectivity index is 1.55. The average Bonchev–Trinajstić information content (AvgIpc) is 2.78. The number of aliphatic hydroxyl groups excluding tert-OH is 4. The number of halogens is 3. The lowest BCUT2D eigenvalue weighted by Gasteiger charge is -2.41. The smallest absolute Gasteiger partial charge is 0.406 e. The molecular weight excluding hydrogens is 443 g/mol. The Labute approximate surface area is 188 Å². The fraction of sp³-hybridized carbons (Fsp3) is 0.478. The van der Waals surface area contributed by atoms with Gasteiger partial charge in [-0.1, -0.05) is 24.3 Å². The molecule has 180 valence electrons. The van der Waals surface area contributed by atoms with Gasteiger partial charge in [0.25, 0.3) is 0 Å². The van der Waals surface area contributed by atoms with Gasteiger partial charge in [-0.3, -0.25) is 0 Å². The Morgan fingerprint density at radius 2 is 1.73 bits per heavy atom. The van der Waals surface area contributed by atoms with Crippen LogP contribution < -0.4 is 9.64 Å². The summed E-state index contributed by atoms with van der Waals surface area (Å²) < 4.78 is 46.8. The van der Waals surface area contributed by atoms with Crippen molar-refractivity contribution in [3.05, 3.63) is 59.2 Å². The first kappa shape index (κ1) is 23.8. The fourth-order valence-electron chi connectivity index (χ4n) is 4.40. The lowest BCUT2D eigenvalue weighted by Crippen LogP contribution is -2.55. The molecule has 2 heterocycles. The van der Waals surface area contributed by atoms with Crippen LogP contribution in [0.5, 0.6) is 5.75 Å². The van der Waals surface area contributed by atoms with Crippen molar-refractivity contribution < 1.29 is 43.1 Å². The molecule has 2 aliphatic rings. The number of ether oxygens (including phenoxy) is 2. The molecule has 0 amide bonds. The van der Waals surface area contributed by atoms with Crippen molar-refractivity contribution in [3.8, 4) is 5.75 Å². The topological polar surface area (TPSA) is 103 Å². The molecule has 1 fully saturated rings. The van der Waals surface area contributed by atoms with Crippen molar-refractivity contribution in [3.63, 3.8) is 0 Å². The van der Waals surface area contributed by atoms with E-state index in [-0.39, 0.29) is 5.75 Å². The van der Waals surface area contributed by atoms with E-state index in [1.165, 1.54) is 12.1 Å². The zero-order valence-corrected chi connectivity index (χ0v) is 17.7. The Morgan fingerprint density at radius 3 is 2.39 bits per heavy atom. The van der Waals surface area contributed by atoms with Crippen LogP contribution in [0.2, 0.25) is 0 Å². The number of rotatable bonds is 5. The minimum atomic E-state index is -4.74. The SMILES string of the molecule is OC[C@H]1O[C@@H](c2ccc3c(c2)N(Cc2ccc(OC(F)(F)F)cc2)CCC3)[C@H](O)[C@@H](O)[C@@H]1O. The summed E-state index contributed by atoms with van der Waals surface area (Å²) in [6.45, 7) is 0.677. The third-order valence-corrected chi connectivity index (χ3v) is 6.08. The minimum absolute atomic E-state index is 0.282. The quantitative estimate of drug-likeness (QED) is 0.532. The number of benzene rings is 2. The summed E-state index contributed by atoms with van der Waals surface area (Å²) in [5.74, 6) is -0.282. The molecule has 10 heteroatoms. The van der Waals surface area contributed by atoms with Gasteiger partial charge >= 0.3 is 6.36 Å². The van der Waals surface area contributed by atoms with E-state index < -0.39 is 43.5 Å². The molecule has 0 aromatic heterocycles. The number of nitrogens with zero attached hydrogens (tertiary/aromatic N) is 1. The van der Waals surface area contributed by atoms with Crippen molar-refractivity contribution in [1.82, 2.24) is 0 Å². The van der Waals surface area contributed by atoms with Crippen molar-refractivity contribution in [2.24, 2.45) is 0 Å². The second-order valence-corrected chi connectivity index (χ2v) is 8.35. The molecule has 0 bridgehead atoms. The molecule has 2 aromatic rings. The number of fused-ring (bicyclic) bond motifs is 1. The van der Waals surface area contributed by atoms with Crippen molar-refractivity contribution in [1.29, 1.82) is 0 Å². The molecule has 7 nitrogen and oxygen atoms in total. The standard InChI is InChI=1S/C23H26F3NO6/c24-23(25,26)33-16-7-3-13(4-8-16)11-27-9-1-2-14-5-6-15(10-17(14)27)22-21(31)20(30)19(29)18(12-28)32-22/h3-8,10,18-22,28-31H,1-2,9,11-12H2/t18-,19-,20+,21-,22+/m1/s1. The molecule has 1 saturated heterocycles. The number of aliphatic hydroxyl groups is 4. The first-order valence-electron chi connectivity index (χ1n) is 10.7. The molecule has 33 heavy (non-hydrogen) atoms. The summed E-state index contributed by atoms with van der Waals surface area (Å²) >= 11 is 0. The van der Waals surface area contributed by atoms with Gasteiger partial charge in [0, 0.05) is 18.8 Å². The predicted octanol–water partition coefficient (Wildman–Crippen LogP) is 2.05. The first-order valence-corrected chi connectivity index (χ1v) is 10.7. The second-order valence-electron chi connectivity index (χ2n) is 8.35. The van der Waals surface area contributed by atoms with Crippen LogP contribution in [0.3, 0.4) is 0 Å². The van der Waals surface area contributed by atoms with E-state index in [2.05, 4.69) is 9.64 Å². The van der Waals surface area contributed by atoms with E-state index in [0.717, 1.165) is 36.2 Å². The molecule has 4 N–H and O–H groups in total. The third kappa shape index (κ3) is 5.25. The van der Waals surface area contributed by atoms with Crippen LogP contribution in [-0.4, -0.2) is 64.4 Å². The van der Waals surface area contributed by atoms with Crippen LogP contribution in [0.25, 0.3) is 0 Å². The Bertz CT molecular complexity index is 952. The molecule has 2 aliphatic heterocycles. The van der Waals surface area contributed by atoms with Crippen LogP contribution in [0.15, 0.2) is 42.5 Å². The summed E-state index contributed by atoms with van der Waals surface area (Å²) in [5.41, 5.74) is 3.36. The van der Waals surface area contributed by atoms with Gasteiger partial charge in [0.1, 0.15) is 36.3 Å². The fourth-order valence-corrected chi connectivity index (χ4v) is 4.40. The molecule has 0 saturated carbocycles. The van der Waals surface area contributed by atoms with Gasteiger partial charge in [0.15, 0.2) is 0 Å². The summed E-state index contributed by atoms with van der Waals surface area (Å²) in [6, 6.07) is 11.3. The highest BCUT2D eigenvalue weighted by Gasteiger charge is 2.44. The largest absolute Gasteiger partial charge is 0.573 e. The number of anilines is 1. The predicted molar refractivity (Wildman–Crippen MR) is 112 cm³/mol. The van der Waals surface area contributed by atoms with Gasteiger partial charge < -0.3 is 34.8 Å². The van der Waals surface area contributed by atoms with Crippen LogP contribution in [0.1, 0.15) is 29.2 Å². The first-order chi connectivity index (χ1) is 15.7. The van der Waals surface area contributed by atoms with Gasteiger partial charge in [-0.05, 0) is 47.7 Å². The Hall–Kier alpha value is -2.37. The summed E-state index contributed by atoms with van der Waals surface area (Å²) in [7, 11) is 0. The molecule has 0 unspecified atom stereocenters. The van der Waals surface area contributed by atoms with Gasteiger partial charge in [0.05, 0.1) is 6.61 Å². The second kappa shape index (κ2) is 9.47. The van der Waals surface area contributed by atoms with Crippen molar-refractivity contribution >= 4 is 5.69 Å². The van der Waals surface area contributed by atoms with E-state index in [4.69, 9.17) is 4.74 Å². The average molecular weight is 469 g/mol. The Morgan fingerprint density at radius 1 is 1.00 bits per heavy atom. The van der Waals surface area contributed by atoms with E-state index in [0.29, 0.717) is 12.1 Å². The third-order valence-electron chi connectivity index (χ3n) is 6.08. The molecule has 5 atom stereocenters. The zero-order valence-electron chi connectivity index (χ0n) is 17.7. The van der Waals surface area contributed by atoms with Gasteiger partial charge in [0.2, 0.25) is 0 Å². The lowest BCUT2D eigenvalue weighted by atomic mass is 9.89. The highest BCUT2D eigenvalue weighted by molar-refractivity contribution is 5.58. The van der Waals surface area contributed by atoms with Crippen LogP contribution in [-0.2, 0) is 17.7 Å². The Kier molecular flexibility index (Phi) is 6.83. The number of hydrogen-bond donors (Lipinski definition) is 4. The van der Waals surface area contributed by atoms with Crippen LogP contribution in [0, 0.1) is 0 Å². The molecule has 4 rings (SSSR count). The molecule has 0 aliphatic carbocycles. The lowest BCUT2D eigenvalue weighted by molar-refractivity contribution is -0.274. The maximum atomic E-state index is 12.4. The molecule has 0 spiro atoms. The van der Waals surface area contributed by atoms with Crippen LogP contribution in [0.4, 0.5) is 18.9 Å². The maximum Gasteiger partial charge on any atom is 0.573 e. The normalized spacial score (nSPS) is 27.8. The van der Waals surface area contributed by atoms with Gasteiger partial charge in [-0.2, -0.15) is 0 Å². The highest BCUT2D eigenvalue weighted by atomic mass is 19.4. The number of aryl methyl sites for hydroxylation is 1. The number of hydrogen-bond acceptors (Lipinski definition) is 7. The maximum absolute atomic E-state index is 12.4. The summed E-state index contributed by atoms with van der Waals surface area (Å²) in [6.07, 6.45) is -9.20. The summed E-state index contributed by atoms with van der Waals surface area (Å²) in [4.78, 5) is 2.09. The van der Waals surface area contributed by atoms with E-state index >= 15 is 0 Å². The summed E-state index contributed by atoms with van der Waals surface area (Å²) in [5, 5.41) is 40.1. The molecule has 2 aromatic carbocycles.